The highest BCUT2D eigenvalue weighted by atomic mass is 32.2. The third kappa shape index (κ3) is 9.67. The average Bonchev–Trinajstić information content (AvgIpc) is 3.64. The summed E-state index contributed by atoms with van der Waals surface area (Å²) in [5.41, 5.74) is 1.04. The lowest BCUT2D eigenvalue weighted by molar-refractivity contribution is -0.137. The van der Waals surface area contributed by atoms with E-state index in [-0.39, 0.29) is 119 Å². The summed E-state index contributed by atoms with van der Waals surface area (Å²) in [5.74, 6) is -4.11. The van der Waals surface area contributed by atoms with Crippen molar-refractivity contribution in [2.75, 3.05) is 68.8 Å². The number of nitrogens with zero attached hydrogens (tertiary/aromatic N) is 2. The molecule has 0 aliphatic carbocycles. The van der Waals surface area contributed by atoms with Gasteiger partial charge in [0.25, 0.3) is 11.8 Å². The molecule has 1 atom stereocenters. The number of aromatic hydroxyl groups is 1. The van der Waals surface area contributed by atoms with Gasteiger partial charge in [-0.2, -0.15) is 8.42 Å². The first kappa shape index (κ1) is 40.6. The van der Waals surface area contributed by atoms with E-state index in [1.54, 1.807) is 22.9 Å². The third-order valence-electron chi connectivity index (χ3n) is 9.20. The number of fused-ring (bicyclic) bond motifs is 2. The van der Waals surface area contributed by atoms with Crippen molar-refractivity contribution in [3.63, 3.8) is 0 Å². The summed E-state index contributed by atoms with van der Waals surface area (Å²) in [6.45, 7) is 0.628. The van der Waals surface area contributed by atoms with Crippen molar-refractivity contribution in [2.45, 2.75) is 31.8 Å². The Morgan fingerprint density at radius 1 is 0.912 bits per heavy atom. The van der Waals surface area contributed by atoms with E-state index in [1.807, 2.05) is 0 Å². The van der Waals surface area contributed by atoms with E-state index < -0.39 is 51.9 Å². The maximum atomic E-state index is 15.4. The van der Waals surface area contributed by atoms with Crippen molar-refractivity contribution < 1.29 is 60.9 Å². The maximum Gasteiger partial charge on any atom is 0.326 e. The molecular formula is C36H40FN7O12S. The Morgan fingerprint density at radius 3 is 2.42 bits per heavy atom. The Balaban J connectivity index is 0.810. The summed E-state index contributed by atoms with van der Waals surface area (Å²) >= 11 is 0. The monoisotopic (exact) mass is 813 g/mol. The molecular weight excluding hydrogens is 773 g/mol. The molecule has 1 unspecified atom stereocenters. The standard InChI is InChI=1S/C36H40FN7O12S/c37-33-24-17-22(5-4-21(24)16-28(45)34(33)44-20-32(49)42-57(44,52)53)56-13-10-38-29(46)8-11-54-14-15-55-12-9-39-31(48)18-40-26-3-1-2-23-25(26)19-43(36(23)51)27-6-7-30(47)41-35(27)50/h1-5,16-17,27,40,45H,6-15,18-20H2,(H,38,46)(H,39,48)(H,42,49)(H,41,47,50). The van der Waals surface area contributed by atoms with E-state index in [0.29, 0.717) is 21.1 Å². The fourth-order valence-corrected chi connectivity index (χ4v) is 7.63. The van der Waals surface area contributed by atoms with Crippen LogP contribution < -0.4 is 35.0 Å². The number of carbonyl (C=O) groups excluding carboxylic acids is 6. The molecule has 6 amide bonds. The van der Waals surface area contributed by atoms with Crippen LogP contribution in [0.4, 0.5) is 15.8 Å². The first-order valence-corrected chi connectivity index (χ1v) is 19.4. The Morgan fingerprint density at radius 2 is 1.67 bits per heavy atom. The molecule has 2 fully saturated rings. The van der Waals surface area contributed by atoms with Crippen LogP contribution in [0.25, 0.3) is 10.8 Å². The van der Waals surface area contributed by atoms with Crippen molar-refractivity contribution in [1.29, 1.82) is 0 Å². The molecule has 3 heterocycles. The second-order valence-electron chi connectivity index (χ2n) is 13.1. The van der Waals surface area contributed by atoms with Gasteiger partial charge >= 0.3 is 10.2 Å². The third-order valence-corrected chi connectivity index (χ3v) is 10.6. The summed E-state index contributed by atoms with van der Waals surface area (Å²) in [7, 11) is -4.36. The van der Waals surface area contributed by atoms with E-state index in [9.17, 15) is 42.3 Å². The molecule has 6 N–H and O–H groups in total. The molecule has 6 rings (SSSR count). The topological polar surface area (TPSA) is 251 Å². The molecule has 304 valence electrons. The second-order valence-corrected chi connectivity index (χ2v) is 14.7. The lowest BCUT2D eigenvalue weighted by Crippen LogP contribution is -2.52. The van der Waals surface area contributed by atoms with Gasteiger partial charge in [-0.05, 0) is 42.1 Å². The smallest absolute Gasteiger partial charge is 0.326 e. The molecule has 2 saturated heterocycles. The normalized spacial score (nSPS) is 17.3. The predicted octanol–water partition coefficient (Wildman–Crippen LogP) is -0.227. The van der Waals surface area contributed by atoms with Gasteiger partial charge in [0.05, 0.1) is 39.5 Å². The summed E-state index contributed by atoms with van der Waals surface area (Å²) in [5, 5.41) is 21.3. The summed E-state index contributed by atoms with van der Waals surface area (Å²) in [6, 6.07) is 9.85. The molecule has 3 aromatic rings. The zero-order chi connectivity index (χ0) is 40.7. The minimum absolute atomic E-state index is 0.0322. The van der Waals surface area contributed by atoms with E-state index >= 15 is 4.39 Å². The van der Waals surface area contributed by atoms with Crippen LogP contribution in [-0.2, 0) is 50.2 Å². The number of hydrogen-bond donors (Lipinski definition) is 6. The van der Waals surface area contributed by atoms with Gasteiger partial charge in [-0.1, -0.05) is 12.1 Å². The first-order valence-electron chi connectivity index (χ1n) is 17.9. The van der Waals surface area contributed by atoms with Gasteiger partial charge in [-0.15, -0.1) is 0 Å². The van der Waals surface area contributed by atoms with Crippen LogP contribution in [0.5, 0.6) is 11.5 Å². The molecule has 0 spiro atoms. The van der Waals surface area contributed by atoms with E-state index in [0.717, 1.165) is 0 Å². The van der Waals surface area contributed by atoms with Gasteiger partial charge in [0.2, 0.25) is 23.6 Å². The van der Waals surface area contributed by atoms with Crippen molar-refractivity contribution in [3.8, 4) is 11.5 Å². The maximum absolute atomic E-state index is 15.4. The van der Waals surface area contributed by atoms with Crippen LogP contribution in [0.2, 0.25) is 0 Å². The Kier molecular flexibility index (Phi) is 12.7. The molecule has 0 aromatic heterocycles. The van der Waals surface area contributed by atoms with Crippen LogP contribution in [0.3, 0.4) is 0 Å². The molecule has 3 aromatic carbocycles. The lowest BCUT2D eigenvalue weighted by atomic mass is 10.0. The molecule has 0 saturated carbocycles. The number of benzene rings is 3. The summed E-state index contributed by atoms with van der Waals surface area (Å²) in [4.78, 5) is 74.5. The number of halogens is 1. The first-order chi connectivity index (χ1) is 27.3. The SMILES string of the molecule is O=C(CCOCCOCCNC(=O)CNc1cccc2c1CN(C1CCC(=O)NC1=O)C2=O)NCCOc1ccc2cc(O)c(N3CC(=O)NS3(=O)=O)c(F)c2c1. The largest absolute Gasteiger partial charge is 0.506 e. The fraction of sp³-hybridized carbons (Fsp3) is 0.389. The lowest BCUT2D eigenvalue weighted by Gasteiger charge is -2.29. The highest BCUT2D eigenvalue weighted by molar-refractivity contribution is 7.92. The molecule has 21 heteroatoms. The minimum Gasteiger partial charge on any atom is -0.506 e. The number of amides is 6. The number of carbonyl (C=O) groups is 6. The number of phenols is 1. The number of piperidine rings is 1. The average molecular weight is 814 g/mol. The van der Waals surface area contributed by atoms with E-state index in [4.69, 9.17) is 14.2 Å². The second kappa shape index (κ2) is 17.8. The van der Waals surface area contributed by atoms with Crippen LogP contribution >= 0.6 is 0 Å². The summed E-state index contributed by atoms with van der Waals surface area (Å²) in [6.07, 6.45) is 0.479. The Hall–Kier alpha value is -6.06. The van der Waals surface area contributed by atoms with Crippen LogP contribution in [0.15, 0.2) is 42.5 Å². The number of hydrogen-bond acceptors (Lipinski definition) is 13. The highest BCUT2D eigenvalue weighted by Crippen LogP contribution is 2.39. The van der Waals surface area contributed by atoms with Gasteiger partial charge < -0.3 is 40.2 Å². The molecule has 57 heavy (non-hydrogen) atoms. The number of phenolic OH excluding ortho intramolecular Hbond substituents is 1. The Bertz CT molecular complexity index is 2210. The van der Waals surface area contributed by atoms with Gasteiger partial charge in [-0.25, -0.2) is 13.4 Å². The molecule has 3 aliphatic heterocycles. The number of nitrogens with one attached hydrogen (secondary N) is 5. The van der Waals surface area contributed by atoms with Crippen LogP contribution in [-0.4, -0.2) is 119 Å². The number of ether oxygens (including phenoxy) is 3. The fourth-order valence-electron chi connectivity index (χ4n) is 6.47. The van der Waals surface area contributed by atoms with Crippen LogP contribution in [0.1, 0.15) is 35.2 Å². The summed E-state index contributed by atoms with van der Waals surface area (Å²) < 4.78 is 58.5. The predicted molar refractivity (Wildman–Crippen MR) is 199 cm³/mol. The zero-order valence-electron chi connectivity index (χ0n) is 30.4. The van der Waals surface area contributed by atoms with Crippen LogP contribution in [0, 0.1) is 5.82 Å². The highest BCUT2D eigenvalue weighted by Gasteiger charge is 2.40. The van der Waals surface area contributed by atoms with Gasteiger partial charge in [0.1, 0.15) is 36.4 Å². The number of anilines is 2. The van der Waals surface area contributed by atoms with E-state index in [2.05, 4.69) is 21.3 Å². The van der Waals surface area contributed by atoms with Crippen molar-refractivity contribution in [1.82, 2.24) is 25.6 Å². The zero-order valence-corrected chi connectivity index (χ0v) is 31.2. The molecule has 0 radical (unpaired) electrons. The number of rotatable bonds is 18. The quantitative estimate of drug-likeness (QED) is 0.0719. The van der Waals surface area contributed by atoms with Gasteiger partial charge in [0.15, 0.2) is 5.82 Å². The van der Waals surface area contributed by atoms with Crippen molar-refractivity contribution in [2.24, 2.45) is 0 Å². The molecule has 0 bridgehead atoms. The van der Waals surface area contributed by atoms with Crippen molar-refractivity contribution in [3.05, 3.63) is 59.4 Å². The van der Waals surface area contributed by atoms with E-state index in [1.165, 1.54) is 29.2 Å². The Labute approximate surface area is 325 Å². The minimum atomic E-state index is -4.36. The number of imide groups is 1. The van der Waals surface area contributed by atoms with Gasteiger partial charge in [-0.3, -0.25) is 34.1 Å². The van der Waals surface area contributed by atoms with Crippen molar-refractivity contribution >= 4 is 67.8 Å². The molecule has 19 nitrogen and oxygen atoms in total. The molecule has 3 aliphatic rings. The van der Waals surface area contributed by atoms with Gasteiger partial charge in [0, 0.05) is 48.1 Å².